The van der Waals surface area contributed by atoms with E-state index in [-0.39, 0.29) is 0 Å². The molecule has 0 saturated carbocycles. The van der Waals surface area contributed by atoms with Crippen molar-refractivity contribution in [1.82, 2.24) is 4.98 Å². The minimum atomic E-state index is -1.14. The molecule has 41 heavy (non-hydrogen) atoms. The molecule has 1 atom stereocenters. The fraction of sp³-hybridized carbons (Fsp3) is 0.171. The summed E-state index contributed by atoms with van der Waals surface area (Å²) in [5.41, 5.74) is 7.07. The smallest absolute Gasteiger partial charge is 0.340 e. The van der Waals surface area contributed by atoms with Gasteiger partial charge in [0.1, 0.15) is 5.76 Å². The SMILES string of the molecule is Cc1cc(C)cc(NC(=O)C(OC(=O)c2c3c(nc4ccccc24)/C(=C\c2ccco2)CCC3)c2ccccc2)c1. The van der Waals surface area contributed by atoms with Crippen molar-refractivity contribution < 1.29 is 18.7 Å². The zero-order valence-corrected chi connectivity index (χ0v) is 23.0. The number of nitrogens with one attached hydrogen (secondary N) is 1. The predicted octanol–water partition coefficient (Wildman–Crippen LogP) is 7.86. The van der Waals surface area contributed by atoms with Crippen molar-refractivity contribution in [2.75, 3.05) is 5.32 Å². The van der Waals surface area contributed by atoms with E-state index in [1.54, 1.807) is 18.4 Å². The summed E-state index contributed by atoms with van der Waals surface area (Å²) < 4.78 is 11.7. The Morgan fingerprint density at radius 2 is 1.68 bits per heavy atom. The molecular weight excluding hydrogens is 512 g/mol. The summed E-state index contributed by atoms with van der Waals surface area (Å²) in [5.74, 6) is -0.233. The Hall–Kier alpha value is -4.97. The molecule has 0 spiro atoms. The van der Waals surface area contributed by atoms with Gasteiger partial charge < -0.3 is 14.5 Å². The third-order valence-corrected chi connectivity index (χ3v) is 7.29. The van der Waals surface area contributed by atoms with E-state index in [1.807, 2.05) is 92.7 Å². The van der Waals surface area contributed by atoms with Crippen LogP contribution in [0, 0.1) is 13.8 Å². The lowest BCUT2D eigenvalue weighted by molar-refractivity contribution is -0.125. The van der Waals surface area contributed by atoms with Gasteiger partial charge in [-0.05, 0) is 91.8 Å². The summed E-state index contributed by atoms with van der Waals surface area (Å²) >= 11 is 0. The van der Waals surface area contributed by atoms with E-state index in [1.165, 1.54) is 0 Å². The molecule has 0 saturated heterocycles. The van der Waals surface area contributed by atoms with Crippen LogP contribution >= 0.6 is 0 Å². The third kappa shape index (κ3) is 5.54. The van der Waals surface area contributed by atoms with Crippen LogP contribution in [0.1, 0.15) is 63.0 Å². The number of para-hydroxylation sites is 1. The topological polar surface area (TPSA) is 81.4 Å². The van der Waals surface area contributed by atoms with Crippen molar-refractivity contribution >= 4 is 40.1 Å². The van der Waals surface area contributed by atoms with Crippen LogP contribution in [0.5, 0.6) is 0 Å². The van der Waals surface area contributed by atoms with Crippen LogP contribution in [0.4, 0.5) is 5.69 Å². The standard InChI is InChI=1S/C35H30N2O4/c1-22-18-23(2)20-26(19-22)36-34(38)33(24-10-4-3-5-11-24)41-35(39)31-28-14-6-7-16-30(28)37-32-25(12-8-15-29(31)32)21-27-13-9-17-40-27/h3-7,9-11,13-14,16-21,33H,8,12,15H2,1-2H3,(H,36,38)/b25-21-. The molecule has 1 N–H and O–H groups in total. The number of aryl methyl sites for hydroxylation is 2. The first-order valence-electron chi connectivity index (χ1n) is 13.8. The van der Waals surface area contributed by atoms with Gasteiger partial charge in [0, 0.05) is 16.6 Å². The minimum absolute atomic E-state index is 0.416. The molecule has 1 aliphatic carbocycles. The second-order valence-electron chi connectivity index (χ2n) is 10.4. The van der Waals surface area contributed by atoms with Crippen molar-refractivity contribution in [2.45, 2.75) is 39.2 Å². The summed E-state index contributed by atoms with van der Waals surface area (Å²) in [7, 11) is 0. The molecule has 0 radical (unpaired) electrons. The van der Waals surface area contributed by atoms with Crippen LogP contribution in [-0.2, 0) is 16.0 Å². The summed E-state index contributed by atoms with van der Waals surface area (Å²) in [5, 5.41) is 3.67. The minimum Gasteiger partial charge on any atom is -0.465 e. The molecule has 0 bridgehead atoms. The van der Waals surface area contributed by atoms with Gasteiger partial charge in [-0.15, -0.1) is 0 Å². The molecule has 5 aromatic rings. The second kappa shape index (κ2) is 11.3. The number of fused-ring (bicyclic) bond motifs is 2. The first-order chi connectivity index (χ1) is 20.0. The monoisotopic (exact) mass is 542 g/mol. The van der Waals surface area contributed by atoms with Crippen LogP contribution in [0.25, 0.3) is 22.6 Å². The Morgan fingerprint density at radius 3 is 2.44 bits per heavy atom. The molecule has 2 aromatic heterocycles. The summed E-state index contributed by atoms with van der Waals surface area (Å²) in [4.78, 5) is 32.8. The Balaban J connectivity index is 1.41. The molecule has 6 heteroatoms. The average Bonchev–Trinajstić information content (AvgIpc) is 3.48. The van der Waals surface area contributed by atoms with Crippen LogP contribution in [-0.4, -0.2) is 16.9 Å². The van der Waals surface area contributed by atoms with Gasteiger partial charge in [0.15, 0.2) is 0 Å². The lowest BCUT2D eigenvalue weighted by atomic mass is 9.86. The number of carbonyl (C=O) groups is 2. The Labute approximate surface area is 238 Å². The second-order valence-corrected chi connectivity index (χ2v) is 10.4. The first-order valence-corrected chi connectivity index (χ1v) is 13.8. The normalized spacial score (nSPS) is 14.4. The van der Waals surface area contributed by atoms with E-state index in [2.05, 4.69) is 5.32 Å². The van der Waals surface area contributed by atoms with Gasteiger partial charge in [0.2, 0.25) is 6.10 Å². The van der Waals surface area contributed by atoms with E-state index in [0.29, 0.717) is 34.1 Å². The number of allylic oxidation sites excluding steroid dienone is 1. The van der Waals surface area contributed by atoms with Crippen LogP contribution < -0.4 is 5.32 Å². The van der Waals surface area contributed by atoms with Gasteiger partial charge >= 0.3 is 5.97 Å². The number of nitrogens with zero attached hydrogens (tertiary/aromatic N) is 1. The van der Waals surface area contributed by atoms with E-state index < -0.39 is 18.0 Å². The van der Waals surface area contributed by atoms with Gasteiger partial charge in [-0.3, -0.25) is 4.79 Å². The zero-order valence-electron chi connectivity index (χ0n) is 23.0. The predicted molar refractivity (Wildman–Crippen MR) is 160 cm³/mol. The number of amides is 1. The number of anilines is 1. The number of furan rings is 1. The Kier molecular flexibility index (Phi) is 7.21. The van der Waals surface area contributed by atoms with Crippen LogP contribution in [0.3, 0.4) is 0 Å². The zero-order chi connectivity index (χ0) is 28.3. The van der Waals surface area contributed by atoms with Crippen molar-refractivity contribution in [1.29, 1.82) is 0 Å². The molecule has 6 nitrogen and oxygen atoms in total. The van der Waals surface area contributed by atoms with E-state index in [0.717, 1.165) is 46.6 Å². The fourth-order valence-electron chi connectivity index (χ4n) is 5.57. The maximum atomic E-state index is 14.1. The lowest BCUT2D eigenvalue weighted by Crippen LogP contribution is -2.27. The van der Waals surface area contributed by atoms with Gasteiger partial charge in [-0.2, -0.15) is 0 Å². The van der Waals surface area contributed by atoms with E-state index in [4.69, 9.17) is 14.1 Å². The number of aromatic nitrogens is 1. The molecule has 6 rings (SSSR count). The maximum Gasteiger partial charge on any atom is 0.340 e. The van der Waals surface area contributed by atoms with E-state index in [9.17, 15) is 9.59 Å². The molecule has 0 aliphatic heterocycles. The molecule has 1 unspecified atom stereocenters. The number of esters is 1. The van der Waals surface area contributed by atoms with Crippen molar-refractivity contribution in [3.05, 3.63) is 130 Å². The third-order valence-electron chi connectivity index (χ3n) is 7.29. The highest BCUT2D eigenvalue weighted by Crippen LogP contribution is 2.37. The lowest BCUT2D eigenvalue weighted by Gasteiger charge is -2.24. The number of hydrogen-bond acceptors (Lipinski definition) is 5. The Morgan fingerprint density at radius 1 is 0.927 bits per heavy atom. The summed E-state index contributed by atoms with van der Waals surface area (Å²) in [6, 6.07) is 26.3. The number of rotatable bonds is 6. The quantitative estimate of drug-likeness (QED) is 0.221. The number of benzene rings is 3. The molecule has 1 aliphatic rings. The number of pyridine rings is 1. The van der Waals surface area contributed by atoms with Gasteiger partial charge in [0.05, 0.1) is 23.0 Å². The van der Waals surface area contributed by atoms with Crippen molar-refractivity contribution in [3.63, 3.8) is 0 Å². The molecule has 204 valence electrons. The first kappa shape index (κ1) is 26.3. The molecule has 2 heterocycles. The molecule has 3 aromatic carbocycles. The van der Waals surface area contributed by atoms with Gasteiger partial charge in [-0.1, -0.05) is 54.6 Å². The van der Waals surface area contributed by atoms with Gasteiger partial charge in [0.25, 0.3) is 5.91 Å². The molecule has 1 amide bonds. The van der Waals surface area contributed by atoms with Gasteiger partial charge in [-0.25, -0.2) is 9.78 Å². The average molecular weight is 543 g/mol. The van der Waals surface area contributed by atoms with Crippen molar-refractivity contribution in [2.24, 2.45) is 0 Å². The highest BCUT2D eigenvalue weighted by Gasteiger charge is 2.31. The number of hydrogen-bond donors (Lipinski definition) is 1. The Bertz CT molecular complexity index is 1750. The highest BCUT2D eigenvalue weighted by molar-refractivity contribution is 6.08. The summed E-state index contributed by atoms with van der Waals surface area (Å²) in [6.45, 7) is 3.95. The van der Waals surface area contributed by atoms with Crippen LogP contribution in [0.15, 0.2) is 95.6 Å². The van der Waals surface area contributed by atoms with Crippen LogP contribution in [0.2, 0.25) is 0 Å². The highest BCUT2D eigenvalue weighted by atomic mass is 16.5. The number of ether oxygens (including phenoxy) is 1. The maximum absolute atomic E-state index is 14.1. The largest absolute Gasteiger partial charge is 0.465 e. The molecular formula is C35H30N2O4. The summed E-state index contributed by atoms with van der Waals surface area (Å²) in [6.07, 6.45) is 4.83. The number of carbonyl (C=O) groups excluding carboxylic acids is 2. The fourth-order valence-corrected chi connectivity index (χ4v) is 5.57. The van der Waals surface area contributed by atoms with E-state index >= 15 is 0 Å². The van der Waals surface area contributed by atoms with Crippen molar-refractivity contribution in [3.8, 4) is 0 Å². The molecule has 0 fully saturated rings.